The molecule has 324 valence electrons. The lowest BCUT2D eigenvalue weighted by Crippen LogP contribution is -2.46. The minimum Gasteiger partial charge on any atom is -0.462 e. The maximum absolute atomic E-state index is 13.1. The number of aliphatic hydroxyl groups is 2. The zero-order valence-electron chi connectivity index (χ0n) is 36.8. The number of carbonyl (C=O) groups excluding carboxylic acids is 2. The van der Waals surface area contributed by atoms with E-state index in [4.69, 9.17) is 4.74 Å². The van der Waals surface area contributed by atoms with E-state index < -0.39 is 18.2 Å². The van der Waals surface area contributed by atoms with Crippen LogP contribution < -0.4 is 5.32 Å². The van der Waals surface area contributed by atoms with Crippen molar-refractivity contribution in [3.05, 3.63) is 24.3 Å². The van der Waals surface area contributed by atoms with Gasteiger partial charge in [0, 0.05) is 6.42 Å². The van der Waals surface area contributed by atoms with Gasteiger partial charge in [-0.15, -0.1) is 0 Å². The lowest BCUT2D eigenvalue weighted by Gasteiger charge is -2.24. The normalized spacial score (nSPS) is 13.5. The predicted molar refractivity (Wildman–Crippen MR) is 236 cm³/mol. The van der Waals surface area contributed by atoms with Crippen LogP contribution in [-0.4, -0.2) is 46.9 Å². The highest BCUT2D eigenvalue weighted by Crippen LogP contribution is 2.17. The summed E-state index contributed by atoms with van der Waals surface area (Å²) < 4.78 is 5.88. The first-order valence-electron chi connectivity index (χ1n) is 24.1. The summed E-state index contributed by atoms with van der Waals surface area (Å²) in [7, 11) is 0. The van der Waals surface area contributed by atoms with E-state index in [1.165, 1.54) is 141 Å². The van der Waals surface area contributed by atoms with Crippen LogP contribution in [-0.2, 0) is 14.3 Å². The Kier molecular flexibility index (Phi) is 42.2. The number of rotatable bonds is 43. The minimum absolute atomic E-state index is 0.0708. The van der Waals surface area contributed by atoms with E-state index in [2.05, 4.69) is 50.4 Å². The van der Waals surface area contributed by atoms with Gasteiger partial charge in [0.15, 0.2) is 0 Å². The van der Waals surface area contributed by atoms with E-state index in [1.54, 1.807) is 0 Å². The van der Waals surface area contributed by atoms with Crippen LogP contribution in [0.15, 0.2) is 24.3 Å². The second kappa shape index (κ2) is 43.5. The number of aliphatic hydroxyl groups excluding tert-OH is 2. The Morgan fingerprint density at radius 3 is 1.35 bits per heavy atom. The molecule has 0 spiro atoms. The highest BCUT2D eigenvalue weighted by atomic mass is 16.5. The van der Waals surface area contributed by atoms with E-state index in [1.807, 2.05) is 0 Å². The third-order valence-electron chi connectivity index (χ3n) is 11.1. The maximum Gasteiger partial charge on any atom is 0.306 e. The van der Waals surface area contributed by atoms with Crippen molar-refractivity contribution < 1.29 is 24.5 Å². The Hall–Kier alpha value is -1.66. The summed E-state index contributed by atoms with van der Waals surface area (Å²) in [6, 6.07) is -0.700. The number of carbonyl (C=O) groups is 2. The Morgan fingerprint density at radius 2 is 0.909 bits per heavy atom. The van der Waals surface area contributed by atoms with Gasteiger partial charge in [0.25, 0.3) is 0 Å². The smallest absolute Gasteiger partial charge is 0.306 e. The summed E-state index contributed by atoms with van der Waals surface area (Å²) in [5.41, 5.74) is 0. The number of nitrogens with one attached hydrogen (secondary N) is 1. The first kappa shape index (κ1) is 53.3. The van der Waals surface area contributed by atoms with E-state index >= 15 is 0 Å². The Balaban J connectivity index is 4.48. The van der Waals surface area contributed by atoms with Gasteiger partial charge in [0.1, 0.15) is 6.10 Å². The molecular weight excluding hydrogens is 683 g/mol. The van der Waals surface area contributed by atoms with Crippen molar-refractivity contribution in [3.8, 4) is 0 Å². The van der Waals surface area contributed by atoms with Gasteiger partial charge < -0.3 is 20.3 Å². The second-order valence-corrected chi connectivity index (χ2v) is 16.5. The minimum atomic E-state index is -0.786. The molecule has 1 amide bonds. The second-order valence-electron chi connectivity index (χ2n) is 16.5. The number of allylic oxidation sites excluding steroid dienone is 4. The molecule has 6 heteroatoms. The highest BCUT2D eigenvalue weighted by Gasteiger charge is 2.24. The quantitative estimate of drug-likeness (QED) is 0.0326. The van der Waals surface area contributed by atoms with Gasteiger partial charge in [-0.05, 0) is 51.4 Å². The van der Waals surface area contributed by atoms with Gasteiger partial charge in [-0.3, -0.25) is 9.59 Å². The number of esters is 1. The molecule has 6 nitrogen and oxygen atoms in total. The predicted octanol–water partition coefficient (Wildman–Crippen LogP) is 14.0. The molecule has 0 rings (SSSR count). The van der Waals surface area contributed by atoms with Crippen LogP contribution in [0.25, 0.3) is 0 Å². The van der Waals surface area contributed by atoms with Crippen molar-refractivity contribution >= 4 is 11.9 Å². The molecule has 0 aromatic carbocycles. The molecule has 0 aromatic rings. The SMILES string of the molecule is CCCCCCCCC/C=C/C=C/CCCCCC(=O)OC(CCCCCCCCCC)CC(=O)NC(CO)C(O)CCCCCCCCCCCCCC. The van der Waals surface area contributed by atoms with Crippen LogP contribution in [0.1, 0.15) is 252 Å². The molecule has 0 aromatic heterocycles. The first-order valence-corrected chi connectivity index (χ1v) is 24.1. The molecule has 0 radical (unpaired) electrons. The Bertz CT molecular complexity index is 873. The summed E-state index contributed by atoms with van der Waals surface area (Å²) in [6.07, 6.45) is 48.1. The molecule has 0 aliphatic carbocycles. The van der Waals surface area contributed by atoms with Gasteiger partial charge >= 0.3 is 5.97 Å². The average molecular weight is 776 g/mol. The third-order valence-corrected chi connectivity index (χ3v) is 11.1. The molecule has 0 aliphatic rings. The van der Waals surface area contributed by atoms with Gasteiger partial charge in [-0.25, -0.2) is 0 Å². The molecule has 3 atom stereocenters. The third kappa shape index (κ3) is 39.0. The van der Waals surface area contributed by atoms with E-state index in [0.717, 1.165) is 64.2 Å². The maximum atomic E-state index is 13.1. The topological polar surface area (TPSA) is 95.9 Å². The monoisotopic (exact) mass is 776 g/mol. The highest BCUT2D eigenvalue weighted by molar-refractivity contribution is 5.77. The van der Waals surface area contributed by atoms with Crippen LogP contribution in [0.5, 0.6) is 0 Å². The summed E-state index contributed by atoms with van der Waals surface area (Å²) >= 11 is 0. The Labute approximate surface area is 341 Å². The summed E-state index contributed by atoms with van der Waals surface area (Å²) in [5.74, 6) is -0.500. The van der Waals surface area contributed by atoms with E-state index in [0.29, 0.717) is 19.3 Å². The van der Waals surface area contributed by atoms with Gasteiger partial charge in [-0.2, -0.15) is 0 Å². The van der Waals surface area contributed by atoms with Crippen LogP contribution in [0.3, 0.4) is 0 Å². The lowest BCUT2D eigenvalue weighted by molar-refractivity contribution is -0.151. The van der Waals surface area contributed by atoms with E-state index in [9.17, 15) is 19.8 Å². The van der Waals surface area contributed by atoms with Gasteiger partial charge in [0.05, 0.1) is 25.2 Å². The number of ether oxygens (including phenoxy) is 1. The number of hydrogen-bond acceptors (Lipinski definition) is 5. The summed E-state index contributed by atoms with van der Waals surface area (Å²) in [5, 5.41) is 23.6. The summed E-state index contributed by atoms with van der Waals surface area (Å²) in [4.78, 5) is 25.9. The number of unbranched alkanes of at least 4 members (excludes halogenated alkanes) is 28. The standard InChI is InChI=1S/C49H93NO5/c1-4-7-10-13-16-19-21-23-24-25-26-28-30-33-36-39-42-49(54)55-45(40-37-34-31-18-15-12-9-6-3)43-48(53)50-46(44-51)47(52)41-38-35-32-29-27-22-20-17-14-11-8-5-2/h24-26,28,45-47,51-52H,4-23,27,29-44H2,1-3H3,(H,50,53)/b25-24+,28-26+. The molecule has 0 fully saturated rings. The molecule has 55 heavy (non-hydrogen) atoms. The van der Waals surface area contributed by atoms with Gasteiger partial charge in [0.2, 0.25) is 5.91 Å². The van der Waals surface area contributed by atoms with Crippen molar-refractivity contribution in [2.75, 3.05) is 6.61 Å². The molecule has 0 bridgehead atoms. The van der Waals surface area contributed by atoms with Gasteiger partial charge in [-0.1, -0.05) is 212 Å². The lowest BCUT2D eigenvalue weighted by atomic mass is 10.0. The molecule has 3 N–H and O–H groups in total. The van der Waals surface area contributed by atoms with Crippen LogP contribution in [0.4, 0.5) is 0 Å². The zero-order valence-corrected chi connectivity index (χ0v) is 36.8. The van der Waals surface area contributed by atoms with Crippen LogP contribution in [0, 0.1) is 0 Å². The molecule has 0 aliphatic heterocycles. The average Bonchev–Trinajstić information content (AvgIpc) is 3.18. The fourth-order valence-corrected chi connectivity index (χ4v) is 7.36. The van der Waals surface area contributed by atoms with Crippen molar-refractivity contribution in [2.24, 2.45) is 0 Å². The van der Waals surface area contributed by atoms with Crippen molar-refractivity contribution in [3.63, 3.8) is 0 Å². The number of hydrogen-bond donors (Lipinski definition) is 3. The first-order chi connectivity index (χ1) is 27.0. The zero-order chi connectivity index (χ0) is 40.3. The number of amides is 1. The van der Waals surface area contributed by atoms with E-state index in [-0.39, 0.29) is 24.9 Å². The van der Waals surface area contributed by atoms with Crippen LogP contribution in [0.2, 0.25) is 0 Å². The summed E-state index contributed by atoms with van der Waals surface area (Å²) in [6.45, 7) is 6.45. The largest absolute Gasteiger partial charge is 0.462 e. The molecule has 0 heterocycles. The molecule has 0 saturated heterocycles. The molecular formula is C49H93NO5. The van der Waals surface area contributed by atoms with Crippen molar-refractivity contribution in [1.82, 2.24) is 5.32 Å². The molecule has 3 unspecified atom stereocenters. The van der Waals surface area contributed by atoms with Crippen molar-refractivity contribution in [1.29, 1.82) is 0 Å². The molecule has 0 saturated carbocycles. The van der Waals surface area contributed by atoms with Crippen LogP contribution >= 0.6 is 0 Å². The van der Waals surface area contributed by atoms with Crippen molar-refractivity contribution in [2.45, 2.75) is 270 Å². The fraction of sp³-hybridized carbons (Fsp3) is 0.878. The fourth-order valence-electron chi connectivity index (χ4n) is 7.36. The Morgan fingerprint density at radius 1 is 0.527 bits per heavy atom.